The molecule has 0 saturated heterocycles. The van der Waals surface area contributed by atoms with Crippen molar-refractivity contribution < 1.29 is 4.74 Å². The third-order valence-electron chi connectivity index (χ3n) is 3.08. The van der Waals surface area contributed by atoms with Crippen LogP contribution >= 0.6 is 15.9 Å². The summed E-state index contributed by atoms with van der Waals surface area (Å²) in [5, 5.41) is 2.36. The summed E-state index contributed by atoms with van der Waals surface area (Å²) in [5.74, 6) is 1.26. The van der Waals surface area contributed by atoms with Gasteiger partial charge < -0.3 is 10.5 Å². The van der Waals surface area contributed by atoms with Gasteiger partial charge in [-0.1, -0.05) is 44.2 Å². The Morgan fingerprint density at radius 2 is 1.89 bits per heavy atom. The largest absolute Gasteiger partial charge is 0.488 e. The Balaban J connectivity index is 2.37. The number of hydrogen-bond acceptors (Lipinski definition) is 2. The number of ether oxygens (including phenoxy) is 1. The van der Waals surface area contributed by atoms with Crippen molar-refractivity contribution in [1.29, 1.82) is 0 Å². The normalized spacial score (nSPS) is 12.9. The van der Waals surface area contributed by atoms with Crippen LogP contribution in [0.3, 0.4) is 0 Å². The van der Waals surface area contributed by atoms with Gasteiger partial charge in [0.25, 0.3) is 0 Å². The summed E-state index contributed by atoms with van der Waals surface area (Å²) >= 11 is 3.62. The second-order valence-electron chi connectivity index (χ2n) is 4.73. The highest BCUT2D eigenvalue weighted by Crippen LogP contribution is 2.34. The molecule has 2 aromatic rings. The highest BCUT2D eigenvalue weighted by molar-refractivity contribution is 9.10. The average molecular weight is 308 g/mol. The highest BCUT2D eigenvalue weighted by Gasteiger charge is 2.15. The molecule has 2 N–H and O–H groups in total. The van der Waals surface area contributed by atoms with Crippen LogP contribution in [0.4, 0.5) is 0 Å². The van der Waals surface area contributed by atoms with Crippen LogP contribution in [-0.4, -0.2) is 12.6 Å². The molecule has 2 rings (SSSR count). The number of nitrogens with two attached hydrogens (primary N) is 1. The lowest BCUT2D eigenvalue weighted by atomic mass is 10.1. The Labute approximate surface area is 116 Å². The first-order valence-corrected chi connectivity index (χ1v) is 6.96. The predicted molar refractivity (Wildman–Crippen MR) is 80.0 cm³/mol. The lowest BCUT2D eigenvalue weighted by molar-refractivity contribution is 0.158. The third kappa shape index (κ3) is 2.68. The fraction of sp³-hybridized carbons (Fsp3) is 0.333. The van der Waals surface area contributed by atoms with Crippen LogP contribution in [0.1, 0.15) is 13.8 Å². The first-order chi connectivity index (χ1) is 8.63. The van der Waals surface area contributed by atoms with Gasteiger partial charge in [-0.2, -0.15) is 0 Å². The number of halogens is 1. The standard InChI is InChI=1S/C15H18BrNO/c1-10(2)14(9-17)18-13-8-7-11-5-3-4-6-12(11)15(13)16/h3-8,10,14H,9,17H2,1-2H3. The Morgan fingerprint density at radius 1 is 1.17 bits per heavy atom. The molecule has 0 aliphatic rings. The molecule has 18 heavy (non-hydrogen) atoms. The van der Waals surface area contributed by atoms with Gasteiger partial charge in [-0.25, -0.2) is 0 Å². The molecule has 3 heteroatoms. The minimum atomic E-state index is 0.0439. The van der Waals surface area contributed by atoms with E-state index in [0.29, 0.717) is 12.5 Å². The van der Waals surface area contributed by atoms with Crippen LogP contribution in [0.5, 0.6) is 5.75 Å². The average Bonchev–Trinajstić information content (AvgIpc) is 2.38. The number of benzene rings is 2. The maximum Gasteiger partial charge on any atom is 0.134 e. The summed E-state index contributed by atoms with van der Waals surface area (Å²) in [6, 6.07) is 12.3. The number of fused-ring (bicyclic) bond motifs is 1. The summed E-state index contributed by atoms with van der Waals surface area (Å²) < 4.78 is 6.99. The van der Waals surface area contributed by atoms with Crippen LogP contribution in [0.25, 0.3) is 10.8 Å². The van der Waals surface area contributed by atoms with Gasteiger partial charge in [-0.05, 0) is 38.7 Å². The molecule has 0 spiro atoms. The van der Waals surface area contributed by atoms with Crippen molar-refractivity contribution in [1.82, 2.24) is 0 Å². The van der Waals surface area contributed by atoms with Crippen molar-refractivity contribution in [3.63, 3.8) is 0 Å². The molecule has 0 radical (unpaired) electrons. The predicted octanol–water partition coefficient (Wildman–Crippen LogP) is 3.96. The fourth-order valence-corrected chi connectivity index (χ4v) is 2.51. The molecule has 0 fully saturated rings. The Hall–Kier alpha value is -1.06. The van der Waals surface area contributed by atoms with Gasteiger partial charge in [0.15, 0.2) is 0 Å². The zero-order valence-electron chi connectivity index (χ0n) is 10.7. The van der Waals surface area contributed by atoms with E-state index in [2.05, 4.69) is 48.0 Å². The zero-order valence-corrected chi connectivity index (χ0v) is 12.3. The van der Waals surface area contributed by atoms with Gasteiger partial charge in [-0.3, -0.25) is 0 Å². The molecule has 1 atom stereocenters. The van der Waals surface area contributed by atoms with Crippen LogP contribution < -0.4 is 10.5 Å². The quantitative estimate of drug-likeness (QED) is 0.927. The minimum absolute atomic E-state index is 0.0439. The summed E-state index contributed by atoms with van der Waals surface area (Å²) in [6.07, 6.45) is 0.0439. The number of hydrogen-bond donors (Lipinski definition) is 1. The van der Waals surface area contributed by atoms with Gasteiger partial charge in [0.1, 0.15) is 11.9 Å². The molecule has 0 saturated carbocycles. The first kappa shape index (κ1) is 13.4. The van der Waals surface area contributed by atoms with Crippen molar-refractivity contribution in [3.8, 4) is 5.75 Å². The second kappa shape index (κ2) is 5.72. The Morgan fingerprint density at radius 3 is 2.56 bits per heavy atom. The van der Waals surface area contributed by atoms with Crippen molar-refractivity contribution in [2.75, 3.05) is 6.54 Å². The Kier molecular flexibility index (Phi) is 4.25. The lowest BCUT2D eigenvalue weighted by Crippen LogP contribution is -2.31. The van der Waals surface area contributed by atoms with E-state index in [4.69, 9.17) is 10.5 Å². The lowest BCUT2D eigenvalue weighted by Gasteiger charge is -2.22. The van der Waals surface area contributed by atoms with E-state index in [0.717, 1.165) is 15.6 Å². The molecule has 0 bridgehead atoms. The van der Waals surface area contributed by atoms with E-state index < -0.39 is 0 Å². The van der Waals surface area contributed by atoms with Crippen molar-refractivity contribution >= 4 is 26.7 Å². The van der Waals surface area contributed by atoms with Gasteiger partial charge in [0.2, 0.25) is 0 Å². The molecule has 0 amide bonds. The van der Waals surface area contributed by atoms with Gasteiger partial charge in [-0.15, -0.1) is 0 Å². The number of rotatable bonds is 4. The van der Waals surface area contributed by atoms with Gasteiger partial charge in [0.05, 0.1) is 4.47 Å². The molecule has 0 aromatic heterocycles. The molecule has 0 aliphatic heterocycles. The van der Waals surface area contributed by atoms with E-state index in [1.165, 1.54) is 5.39 Å². The van der Waals surface area contributed by atoms with Crippen molar-refractivity contribution in [2.24, 2.45) is 11.7 Å². The first-order valence-electron chi connectivity index (χ1n) is 6.17. The van der Waals surface area contributed by atoms with Crippen molar-refractivity contribution in [3.05, 3.63) is 40.9 Å². The highest BCUT2D eigenvalue weighted by atomic mass is 79.9. The summed E-state index contributed by atoms with van der Waals surface area (Å²) in [5.41, 5.74) is 5.74. The summed E-state index contributed by atoms with van der Waals surface area (Å²) in [4.78, 5) is 0. The summed E-state index contributed by atoms with van der Waals surface area (Å²) in [7, 11) is 0. The van der Waals surface area contributed by atoms with E-state index >= 15 is 0 Å². The van der Waals surface area contributed by atoms with Gasteiger partial charge >= 0.3 is 0 Å². The third-order valence-corrected chi connectivity index (χ3v) is 3.90. The molecular formula is C15H18BrNO. The smallest absolute Gasteiger partial charge is 0.134 e. The van der Waals surface area contributed by atoms with E-state index in [9.17, 15) is 0 Å². The SMILES string of the molecule is CC(C)C(CN)Oc1ccc2ccccc2c1Br. The van der Waals surface area contributed by atoms with E-state index in [-0.39, 0.29) is 6.10 Å². The maximum atomic E-state index is 5.99. The topological polar surface area (TPSA) is 35.2 Å². The molecule has 0 aliphatic carbocycles. The van der Waals surface area contributed by atoms with Crippen molar-refractivity contribution in [2.45, 2.75) is 20.0 Å². The molecular weight excluding hydrogens is 290 g/mol. The zero-order chi connectivity index (χ0) is 13.1. The van der Waals surface area contributed by atoms with Crippen LogP contribution in [0.2, 0.25) is 0 Å². The molecule has 2 aromatic carbocycles. The molecule has 1 unspecified atom stereocenters. The fourth-order valence-electron chi connectivity index (χ4n) is 1.92. The molecule has 2 nitrogen and oxygen atoms in total. The molecule has 96 valence electrons. The van der Waals surface area contributed by atoms with Crippen LogP contribution in [-0.2, 0) is 0 Å². The maximum absolute atomic E-state index is 5.99. The molecule has 0 heterocycles. The van der Waals surface area contributed by atoms with Gasteiger partial charge in [0, 0.05) is 6.54 Å². The summed E-state index contributed by atoms with van der Waals surface area (Å²) in [6.45, 7) is 4.76. The second-order valence-corrected chi connectivity index (χ2v) is 5.53. The van der Waals surface area contributed by atoms with E-state index in [1.807, 2.05) is 18.2 Å². The Bertz CT molecular complexity index is 539. The monoisotopic (exact) mass is 307 g/mol. The van der Waals surface area contributed by atoms with E-state index in [1.54, 1.807) is 0 Å². The van der Waals surface area contributed by atoms with Crippen LogP contribution in [0, 0.1) is 5.92 Å². The van der Waals surface area contributed by atoms with Crippen LogP contribution in [0.15, 0.2) is 40.9 Å². The minimum Gasteiger partial charge on any atom is -0.488 e.